The maximum Gasteiger partial charge on any atom is 0.242 e. The number of nitrogens with zero attached hydrogens (tertiary/aromatic N) is 1. The van der Waals surface area contributed by atoms with E-state index in [0.717, 1.165) is 16.7 Å². The lowest BCUT2D eigenvalue weighted by Crippen LogP contribution is -2.46. The van der Waals surface area contributed by atoms with Crippen LogP contribution in [0.5, 0.6) is 11.5 Å². The maximum absolute atomic E-state index is 13.0. The van der Waals surface area contributed by atoms with Crippen molar-refractivity contribution in [3.63, 3.8) is 0 Å². The zero-order chi connectivity index (χ0) is 21.4. The van der Waals surface area contributed by atoms with Gasteiger partial charge in [0.05, 0.1) is 14.2 Å². The van der Waals surface area contributed by atoms with Crippen molar-refractivity contribution in [1.29, 1.82) is 0 Å². The molecule has 2 aromatic carbocycles. The first-order valence-electron chi connectivity index (χ1n) is 9.67. The van der Waals surface area contributed by atoms with Gasteiger partial charge in [0.2, 0.25) is 11.8 Å². The van der Waals surface area contributed by atoms with Crippen molar-refractivity contribution in [2.75, 3.05) is 21.3 Å². The summed E-state index contributed by atoms with van der Waals surface area (Å²) in [5, 5.41) is 2.63. The maximum atomic E-state index is 13.0. The highest BCUT2D eigenvalue weighted by Crippen LogP contribution is 2.28. The summed E-state index contributed by atoms with van der Waals surface area (Å²) < 4.78 is 10.6. The summed E-state index contributed by atoms with van der Waals surface area (Å²) in [6.07, 6.45) is 0.840. The van der Waals surface area contributed by atoms with Gasteiger partial charge >= 0.3 is 0 Å². The summed E-state index contributed by atoms with van der Waals surface area (Å²) in [7, 11) is 4.75. The van der Waals surface area contributed by atoms with Crippen LogP contribution in [0.2, 0.25) is 0 Å². The van der Waals surface area contributed by atoms with E-state index in [0.29, 0.717) is 30.9 Å². The minimum Gasteiger partial charge on any atom is -0.493 e. The molecule has 156 valence electrons. The number of carbonyl (C=O) groups is 2. The Morgan fingerprint density at radius 2 is 1.62 bits per heavy atom. The predicted molar refractivity (Wildman–Crippen MR) is 113 cm³/mol. The zero-order valence-electron chi connectivity index (χ0n) is 17.8. The van der Waals surface area contributed by atoms with Gasteiger partial charge < -0.3 is 19.7 Å². The fourth-order valence-corrected chi connectivity index (χ4v) is 3.11. The highest BCUT2D eigenvalue weighted by atomic mass is 16.5. The van der Waals surface area contributed by atoms with Gasteiger partial charge in [-0.15, -0.1) is 0 Å². The molecule has 0 fully saturated rings. The van der Waals surface area contributed by atoms with Crippen LogP contribution in [0.15, 0.2) is 42.5 Å². The molecule has 0 bridgehead atoms. The third-order valence-corrected chi connectivity index (χ3v) is 4.96. The van der Waals surface area contributed by atoms with E-state index in [2.05, 4.69) is 5.32 Å². The topological polar surface area (TPSA) is 67.9 Å². The van der Waals surface area contributed by atoms with Gasteiger partial charge in [-0.05, 0) is 43.5 Å². The van der Waals surface area contributed by atoms with Gasteiger partial charge in [-0.2, -0.15) is 0 Å². The standard InChI is InChI=1S/C23H30N2O4/c1-16-6-8-19(9-7-16)15-25(17(2)23(27)24-3)22(26)13-11-18-10-12-20(28-4)21(14-18)29-5/h6-10,12,14,17H,11,13,15H2,1-5H3,(H,24,27). The Balaban J connectivity index is 2.14. The minimum atomic E-state index is -0.556. The number of amides is 2. The van der Waals surface area contributed by atoms with Gasteiger partial charge in [0.25, 0.3) is 0 Å². The Morgan fingerprint density at radius 3 is 2.21 bits per heavy atom. The van der Waals surface area contributed by atoms with E-state index >= 15 is 0 Å². The SMILES string of the molecule is CNC(=O)C(C)N(Cc1ccc(C)cc1)C(=O)CCc1ccc(OC)c(OC)c1. The first-order chi connectivity index (χ1) is 13.9. The van der Waals surface area contributed by atoms with Crippen molar-refractivity contribution in [3.05, 3.63) is 59.2 Å². The highest BCUT2D eigenvalue weighted by Gasteiger charge is 2.25. The average Bonchev–Trinajstić information content (AvgIpc) is 2.75. The van der Waals surface area contributed by atoms with Crippen LogP contribution in [0, 0.1) is 6.92 Å². The first-order valence-corrected chi connectivity index (χ1v) is 9.67. The Labute approximate surface area is 172 Å². The third-order valence-electron chi connectivity index (χ3n) is 4.96. The van der Waals surface area contributed by atoms with Crippen LogP contribution >= 0.6 is 0 Å². The van der Waals surface area contributed by atoms with Crippen molar-refractivity contribution < 1.29 is 19.1 Å². The number of rotatable bonds is 9. The van der Waals surface area contributed by atoms with Crippen LogP contribution in [-0.4, -0.2) is 44.0 Å². The van der Waals surface area contributed by atoms with Gasteiger partial charge in [-0.25, -0.2) is 0 Å². The highest BCUT2D eigenvalue weighted by molar-refractivity contribution is 5.87. The molecule has 0 aliphatic carbocycles. The van der Waals surface area contributed by atoms with Crippen LogP contribution in [0.4, 0.5) is 0 Å². The molecule has 0 radical (unpaired) electrons. The average molecular weight is 399 g/mol. The summed E-state index contributed by atoms with van der Waals surface area (Å²) in [5.41, 5.74) is 3.11. The van der Waals surface area contributed by atoms with E-state index in [-0.39, 0.29) is 11.8 Å². The van der Waals surface area contributed by atoms with Crippen molar-refractivity contribution in [2.45, 2.75) is 39.3 Å². The molecule has 1 N–H and O–H groups in total. The number of benzene rings is 2. The second kappa shape index (κ2) is 10.5. The van der Waals surface area contributed by atoms with Crippen LogP contribution in [0.25, 0.3) is 0 Å². The Kier molecular flexibility index (Phi) is 8.07. The molecule has 0 aromatic heterocycles. The number of hydrogen-bond acceptors (Lipinski definition) is 4. The van der Waals surface area contributed by atoms with Crippen molar-refractivity contribution >= 4 is 11.8 Å². The van der Waals surface area contributed by atoms with Crippen LogP contribution in [-0.2, 0) is 22.6 Å². The number of likely N-dealkylation sites (N-methyl/N-ethyl adjacent to an activating group) is 1. The molecule has 1 atom stereocenters. The third kappa shape index (κ3) is 5.98. The van der Waals surface area contributed by atoms with Gasteiger partial charge in [0.15, 0.2) is 11.5 Å². The smallest absolute Gasteiger partial charge is 0.242 e. The largest absolute Gasteiger partial charge is 0.493 e. The lowest BCUT2D eigenvalue weighted by Gasteiger charge is -2.28. The lowest BCUT2D eigenvalue weighted by atomic mass is 10.1. The molecule has 0 saturated heterocycles. The minimum absolute atomic E-state index is 0.0727. The quantitative estimate of drug-likeness (QED) is 0.705. The van der Waals surface area contributed by atoms with E-state index in [1.54, 1.807) is 33.1 Å². The lowest BCUT2D eigenvalue weighted by molar-refractivity contribution is -0.140. The van der Waals surface area contributed by atoms with Crippen molar-refractivity contribution in [2.24, 2.45) is 0 Å². The molecule has 2 amide bonds. The molecule has 1 unspecified atom stereocenters. The number of aryl methyl sites for hydroxylation is 2. The molecular weight excluding hydrogens is 368 g/mol. The van der Waals surface area contributed by atoms with Crippen molar-refractivity contribution in [1.82, 2.24) is 10.2 Å². The van der Waals surface area contributed by atoms with E-state index in [9.17, 15) is 9.59 Å². The van der Waals surface area contributed by atoms with Crippen LogP contribution in [0.3, 0.4) is 0 Å². The molecule has 0 saturated carbocycles. The number of ether oxygens (including phenoxy) is 2. The summed E-state index contributed by atoms with van der Waals surface area (Å²) in [6, 6.07) is 13.0. The molecule has 2 aromatic rings. The second-order valence-electron chi connectivity index (χ2n) is 6.99. The molecule has 0 spiro atoms. The van der Waals surface area contributed by atoms with E-state index in [1.807, 2.05) is 49.4 Å². The fourth-order valence-electron chi connectivity index (χ4n) is 3.11. The second-order valence-corrected chi connectivity index (χ2v) is 6.99. The summed E-state index contributed by atoms with van der Waals surface area (Å²) in [5.74, 6) is 1.03. The van der Waals surface area contributed by atoms with Crippen LogP contribution in [0.1, 0.15) is 30.0 Å². The molecule has 29 heavy (non-hydrogen) atoms. The first kappa shape index (κ1) is 22.3. The van der Waals surface area contributed by atoms with Gasteiger partial charge in [-0.1, -0.05) is 35.9 Å². The number of nitrogens with one attached hydrogen (secondary N) is 1. The Bertz CT molecular complexity index is 833. The number of hydrogen-bond donors (Lipinski definition) is 1. The van der Waals surface area contributed by atoms with Crippen molar-refractivity contribution in [3.8, 4) is 11.5 Å². The van der Waals surface area contributed by atoms with Gasteiger partial charge in [-0.3, -0.25) is 9.59 Å². The summed E-state index contributed by atoms with van der Waals surface area (Å²) >= 11 is 0. The monoisotopic (exact) mass is 398 g/mol. The number of methoxy groups -OCH3 is 2. The molecular formula is C23H30N2O4. The molecule has 2 rings (SSSR count). The predicted octanol–water partition coefficient (Wildman–Crippen LogP) is 3.11. The van der Waals surface area contributed by atoms with Crippen LogP contribution < -0.4 is 14.8 Å². The van der Waals surface area contributed by atoms with E-state index < -0.39 is 6.04 Å². The van der Waals surface area contributed by atoms with Gasteiger partial charge in [0, 0.05) is 20.0 Å². The van der Waals surface area contributed by atoms with E-state index in [1.165, 1.54) is 0 Å². The Morgan fingerprint density at radius 1 is 1.00 bits per heavy atom. The summed E-state index contributed by atoms with van der Waals surface area (Å²) in [4.78, 5) is 26.8. The fraction of sp³-hybridized carbons (Fsp3) is 0.391. The van der Waals surface area contributed by atoms with E-state index in [4.69, 9.17) is 9.47 Å². The van der Waals surface area contributed by atoms with Gasteiger partial charge in [0.1, 0.15) is 6.04 Å². The zero-order valence-corrected chi connectivity index (χ0v) is 17.8. The molecule has 6 heteroatoms. The molecule has 0 aliphatic heterocycles. The number of carbonyl (C=O) groups excluding carboxylic acids is 2. The molecule has 0 aliphatic rings. The summed E-state index contributed by atoms with van der Waals surface area (Å²) in [6.45, 7) is 4.16. The molecule has 6 nitrogen and oxygen atoms in total. The Hall–Kier alpha value is -3.02. The normalized spacial score (nSPS) is 11.5. The molecule has 0 heterocycles.